The number of alkyl carbamates (subject to hydrolysis) is 1. The van der Waals surface area contributed by atoms with Crippen molar-refractivity contribution >= 4 is 12.1 Å². The number of rotatable bonds is 5. The molecular formula is C23H26N2O4. The van der Waals surface area contributed by atoms with Crippen LogP contribution in [0.2, 0.25) is 0 Å². The van der Waals surface area contributed by atoms with E-state index in [0.717, 1.165) is 24.1 Å². The van der Waals surface area contributed by atoms with Gasteiger partial charge in [0.05, 0.1) is 12.0 Å². The Kier molecular flexibility index (Phi) is 5.28. The molecule has 0 bridgehead atoms. The Bertz CT molecular complexity index is 883. The van der Waals surface area contributed by atoms with Gasteiger partial charge in [-0.15, -0.1) is 0 Å². The molecule has 29 heavy (non-hydrogen) atoms. The summed E-state index contributed by atoms with van der Waals surface area (Å²) in [6.45, 7) is 2.94. The highest BCUT2D eigenvalue weighted by Gasteiger charge is 2.42. The van der Waals surface area contributed by atoms with E-state index in [1.54, 1.807) is 0 Å². The number of ether oxygens (including phenoxy) is 1. The van der Waals surface area contributed by atoms with Gasteiger partial charge in [0.25, 0.3) is 0 Å². The van der Waals surface area contributed by atoms with Crippen LogP contribution in [0.25, 0.3) is 11.1 Å². The Hall–Kier alpha value is -2.86. The van der Waals surface area contributed by atoms with Gasteiger partial charge in [-0.2, -0.15) is 0 Å². The predicted molar refractivity (Wildman–Crippen MR) is 110 cm³/mol. The average molecular weight is 394 g/mol. The smallest absolute Gasteiger partial charge is 0.407 e. The van der Waals surface area contributed by atoms with E-state index in [1.807, 2.05) is 31.2 Å². The molecule has 2 aliphatic rings. The summed E-state index contributed by atoms with van der Waals surface area (Å²) in [5.41, 5.74) is 3.80. The van der Waals surface area contributed by atoms with E-state index in [-0.39, 0.29) is 25.0 Å². The average Bonchev–Trinajstić information content (AvgIpc) is 3.02. The Balaban J connectivity index is 1.49. The Labute approximate surface area is 170 Å². The van der Waals surface area contributed by atoms with Gasteiger partial charge in [-0.25, -0.2) is 4.79 Å². The molecule has 2 aromatic rings. The lowest BCUT2D eigenvalue weighted by atomic mass is 9.80. The summed E-state index contributed by atoms with van der Waals surface area (Å²) in [6.07, 6.45) is 0.716. The number of piperidine rings is 1. The maximum Gasteiger partial charge on any atom is 0.407 e. The zero-order valence-electron chi connectivity index (χ0n) is 16.5. The number of carboxylic acid groups (broad SMARTS) is 1. The van der Waals surface area contributed by atoms with Crippen LogP contribution in [0.4, 0.5) is 4.79 Å². The van der Waals surface area contributed by atoms with Gasteiger partial charge < -0.3 is 20.5 Å². The van der Waals surface area contributed by atoms with E-state index in [0.29, 0.717) is 6.42 Å². The Morgan fingerprint density at radius 1 is 1.14 bits per heavy atom. The molecule has 3 N–H and O–H groups in total. The molecule has 1 fully saturated rings. The number of amides is 1. The van der Waals surface area contributed by atoms with Crippen LogP contribution in [-0.2, 0) is 9.53 Å². The van der Waals surface area contributed by atoms with Gasteiger partial charge >= 0.3 is 12.1 Å². The molecule has 0 radical (unpaired) electrons. The van der Waals surface area contributed by atoms with Crippen molar-refractivity contribution in [2.45, 2.75) is 43.7 Å². The molecule has 6 heteroatoms. The third-order valence-corrected chi connectivity index (χ3v) is 6.24. The second kappa shape index (κ2) is 7.87. The van der Waals surface area contributed by atoms with Crippen molar-refractivity contribution in [3.05, 3.63) is 59.7 Å². The molecule has 0 aromatic heterocycles. The minimum atomic E-state index is -0.931. The number of carboxylic acids is 1. The van der Waals surface area contributed by atoms with Crippen LogP contribution in [0.1, 0.15) is 43.2 Å². The van der Waals surface area contributed by atoms with Crippen LogP contribution in [-0.4, -0.2) is 41.9 Å². The third-order valence-electron chi connectivity index (χ3n) is 6.24. The lowest BCUT2D eigenvalue weighted by Gasteiger charge is -2.42. The second-order valence-corrected chi connectivity index (χ2v) is 7.96. The molecule has 0 saturated carbocycles. The molecule has 1 amide bonds. The first-order chi connectivity index (χ1) is 14.0. The summed E-state index contributed by atoms with van der Waals surface area (Å²) >= 11 is 0. The molecule has 1 saturated heterocycles. The van der Waals surface area contributed by atoms with Crippen LogP contribution < -0.4 is 10.6 Å². The van der Waals surface area contributed by atoms with E-state index < -0.39 is 17.6 Å². The topological polar surface area (TPSA) is 87.7 Å². The van der Waals surface area contributed by atoms with E-state index in [2.05, 4.69) is 34.9 Å². The lowest BCUT2D eigenvalue weighted by molar-refractivity contribution is -0.139. The van der Waals surface area contributed by atoms with Gasteiger partial charge in [-0.1, -0.05) is 48.5 Å². The maximum absolute atomic E-state index is 12.7. The van der Waals surface area contributed by atoms with Crippen LogP contribution in [0, 0.1) is 0 Å². The van der Waals surface area contributed by atoms with Crippen molar-refractivity contribution in [2.24, 2.45) is 0 Å². The van der Waals surface area contributed by atoms with E-state index in [9.17, 15) is 14.7 Å². The van der Waals surface area contributed by atoms with Crippen molar-refractivity contribution in [3.63, 3.8) is 0 Å². The standard InChI is InChI=1S/C23H26N2O4/c1-15-23(13-21(26)27,11-6-12-24-15)25-22(28)29-14-20-18-9-4-2-7-16(18)17-8-3-5-10-19(17)20/h2-5,7-10,15,20,24H,6,11-14H2,1H3,(H,25,28)(H,26,27). The molecule has 0 spiro atoms. The highest BCUT2D eigenvalue weighted by Crippen LogP contribution is 2.44. The second-order valence-electron chi connectivity index (χ2n) is 7.96. The first-order valence-corrected chi connectivity index (χ1v) is 10.1. The van der Waals surface area contributed by atoms with Crippen molar-refractivity contribution in [1.29, 1.82) is 0 Å². The summed E-state index contributed by atoms with van der Waals surface area (Å²) in [6, 6.07) is 16.2. The molecule has 1 aliphatic carbocycles. The van der Waals surface area contributed by atoms with Crippen LogP contribution in [0.15, 0.2) is 48.5 Å². The first kappa shape index (κ1) is 19.5. The molecule has 152 valence electrons. The maximum atomic E-state index is 12.7. The van der Waals surface area contributed by atoms with Crippen molar-refractivity contribution in [1.82, 2.24) is 10.6 Å². The van der Waals surface area contributed by atoms with Gasteiger partial charge in [0.2, 0.25) is 0 Å². The zero-order chi connectivity index (χ0) is 20.4. The SMILES string of the molecule is CC1NCCCC1(CC(=O)O)NC(=O)OCC1c2ccccc2-c2ccccc21. The Morgan fingerprint density at radius 2 is 1.76 bits per heavy atom. The molecule has 4 rings (SSSR count). The van der Waals surface area contributed by atoms with Crippen LogP contribution in [0.3, 0.4) is 0 Å². The molecule has 1 aliphatic heterocycles. The van der Waals surface area contributed by atoms with Gasteiger partial charge in [0.15, 0.2) is 0 Å². The van der Waals surface area contributed by atoms with Gasteiger partial charge in [0.1, 0.15) is 6.61 Å². The summed E-state index contributed by atoms with van der Waals surface area (Å²) in [7, 11) is 0. The lowest BCUT2D eigenvalue weighted by Crippen LogP contribution is -2.64. The number of nitrogens with one attached hydrogen (secondary N) is 2. The van der Waals surface area contributed by atoms with E-state index >= 15 is 0 Å². The molecule has 1 heterocycles. The number of hydrogen-bond donors (Lipinski definition) is 3. The predicted octanol–water partition coefficient (Wildman–Crippen LogP) is 3.51. The number of carbonyl (C=O) groups is 2. The van der Waals surface area contributed by atoms with Gasteiger partial charge in [-0.05, 0) is 48.6 Å². The van der Waals surface area contributed by atoms with Crippen molar-refractivity contribution < 1.29 is 19.4 Å². The fourth-order valence-electron chi connectivity index (χ4n) is 4.70. The fraction of sp³-hybridized carbons (Fsp3) is 0.391. The molecular weight excluding hydrogens is 368 g/mol. The quantitative estimate of drug-likeness (QED) is 0.722. The van der Waals surface area contributed by atoms with Gasteiger partial charge in [0, 0.05) is 12.0 Å². The molecule has 2 unspecified atom stereocenters. The number of hydrogen-bond acceptors (Lipinski definition) is 4. The number of carbonyl (C=O) groups excluding carboxylic acids is 1. The summed E-state index contributed by atoms with van der Waals surface area (Å²) in [5.74, 6) is -0.954. The van der Waals surface area contributed by atoms with Gasteiger partial charge in [-0.3, -0.25) is 4.79 Å². The normalized spacial score (nSPS) is 23.1. The van der Waals surface area contributed by atoms with Crippen LogP contribution >= 0.6 is 0 Å². The van der Waals surface area contributed by atoms with Crippen molar-refractivity contribution in [3.8, 4) is 11.1 Å². The van der Waals surface area contributed by atoms with Crippen molar-refractivity contribution in [2.75, 3.05) is 13.2 Å². The summed E-state index contributed by atoms with van der Waals surface area (Å²) in [5, 5.41) is 15.5. The molecule has 2 aromatic carbocycles. The van der Waals surface area contributed by atoms with E-state index in [4.69, 9.17) is 4.74 Å². The summed E-state index contributed by atoms with van der Waals surface area (Å²) < 4.78 is 5.63. The number of benzene rings is 2. The number of aliphatic carboxylic acids is 1. The van der Waals surface area contributed by atoms with E-state index in [1.165, 1.54) is 11.1 Å². The zero-order valence-corrected chi connectivity index (χ0v) is 16.5. The molecule has 2 atom stereocenters. The summed E-state index contributed by atoms with van der Waals surface area (Å²) in [4.78, 5) is 24.1. The van der Waals surface area contributed by atoms with Crippen LogP contribution in [0.5, 0.6) is 0 Å². The highest BCUT2D eigenvalue weighted by atomic mass is 16.5. The Morgan fingerprint density at radius 3 is 2.34 bits per heavy atom. The third kappa shape index (κ3) is 3.72. The minimum absolute atomic E-state index is 0.0227. The molecule has 6 nitrogen and oxygen atoms in total. The minimum Gasteiger partial charge on any atom is -0.481 e. The number of fused-ring (bicyclic) bond motifs is 3. The first-order valence-electron chi connectivity index (χ1n) is 10.1. The monoisotopic (exact) mass is 394 g/mol. The fourth-order valence-corrected chi connectivity index (χ4v) is 4.70. The largest absolute Gasteiger partial charge is 0.481 e. The highest BCUT2D eigenvalue weighted by molar-refractivity contribution is 5.79.